The molecule has 27 heavy (non-hydrogen) atoms. The fourth-order valence-corrected chi connectivity index (χ4v) is 3.00. The van der Waals surface area contributed by atoms with Crippen molar-refractivity contribution >= 4 is 17.6 Å². The maximum Gasteiger partial charge on any atom is 0.421 e. The molecule has 0 saturated carbocycles. The lowest BCUT2D eigenvalue weighted by atomic mass is 10.2. The molecule has 0 aliphatic carbocycles. The lowest BCUT2D eigenvalue weighted by molar-refractivity contribution is -0.136. The molecule has 1 aliphatic rings. The van der Waals surface area contributed by atoms with Crippen LogP contribution in [0.5, 0.6) is 0 Å². The number of rotatable bonds is 3. The molecule has 1 amide bonds. The van der Waals surface area contributed by atoms with E-state index < -0.39 is 17.3 Å². The summed E-state index contributed by atoms with van der Waals surface area (Å²) in [5, 5.41) is 6.70. The SMILES string of the molecule is CC(C)(C)OC(=O)N1CCCC1CNc1ccn2ncc(C(F)(F)F)c2n1. The summed E-state index contributed by atoms with van der Waals surface area (Å²) in [6, 6.07) is 1.44. The van der Waals surface area contributed by atoms with Gasteiger partial charge in [0.15, 0.2) is 5.65 Å². The lowest BCUT2D eigenvalue weighted by Gasteiger charge is -2.28. The average Bonchev–Trinajstić information content (AvgIpc) is 3.17. The number of aromatic nitrogens is 3. The second-order valence-corrected chi connectivity index (χ2v) is 7.49. The first-order valence-electron chi connectivity index (χ1n) is 8.70. The monoisotopic (exact) mass is 385 g/mol. The molecule has 3 heterocycles. The summed E-state index contributed by atoms with van der Waals surface area (Å²) in [7, 11) is 0. The minimum Gasteiger partial charge on any atom is -0.444 e. The number of likely N-dealkylation sites (tertiary alicyclic amines) is 1. The standard InChI is InChI=1S/C17H22F3N5O2/c1-16(2,3)27-15(26)24-7-4-5-11(24)9-21-13-6-8-25-14(23-13)12(10-22-25)17(18,19)20/h6,8,10-11H,4-5,7,9H2,1-3H3,(H,21,23). The van der Waals surface area contributed by atoms with Crippen molar-refractivity contribution in [3.05, 3.63) is 24.0 Å². The molecule has 1 atom stereocenters. The molecule has 1 aliphatic heterocycles. The van der Waals surface area contributed by atoms with Crippen LogP contribution < -0.4 is 5.32 Å². The second kappa shape index (κ2) is 6.90. The Labute approximate surface area is 154 Å². The normalized spacial score (nSPS) is 18.1. The zero-order valence-corrected chi connectivity index (χ0v) is 15.4. The van der Waals surface area contributed by atoms with Gasteiger partial charge in [-0.2, -0.15) is 18.3 Å². The first kappa shape index (κ1) is 19.2. The molecular weight excluding hydrogens is 363 g/mol. The van der Waals surface area contributed by atoms with Crippen LogP contribution in [0.15, 0.2) is 18.5 Å². The second-order valence-electron chi connectivity index (χ2n) is 7.49. The highest BCUT2D eigenvalue weighted by atomic mass is 19.4. The number of ether oxygens (including phenoxy) is 1. The van der Waals surface area contributed by atoms with E-state index in [1.807, 2.05) is 0 Å². The summed E-state index contributed by atoms with van der Waals surface area (Å²) in [5.41, 5.74) is -1.73. The Bertz CT molecular complexity index is 828. The fourth-order valence-electron chi connectivity index (χ4n) is 3.00. The van der Waals surface area contributed by atoms with E-state index in [0.29, 0.717) is 18.9 Å². The summed E-state index contributed by atoms with van der Waals surface area (Å²) >= 11 is 0. The molecule has 148 valence electrons. The third kappa shape index (κ3) is 4.42. The van der Waals surface area contributed by atoms with Crippen LogP contribution in [0.25, 0.3) is 5.65 Å². The number of nitrogens with zero attached hydrogens (tertiary/aromatic N) is 4. The van der Waals surface area contributed by atoms with Gasteiger partial charge in [-0.1, -0.05) is 0 Å². The van der Waals surface area contributed by atoms with Crippen molar-refractivity contribution in [2.24, 2.45) is 0 Å². The number of nitrogens with one attached hydrogen (secondary N) is 1. The topological polar surface area (TPSA) is 71.8 Å². The molecule has 1 N–H and O–H groups in total. The predicted molar refractivity (Wildman–Crippen MR) is 92.4 cm³/mol. The number of hydrogen-bond acceptors (Lipinski definition) is 5. The molecule has 7 nitrogen and oxygen atoms in total. The van der Waals surface area contributed by atoms with Crippen molar-refractivity contribution in [3.63, 3.8) is 0 Å². The Morgan fingerprint density at radius 2 is 2.11 bits per heavy atom. The van der Waals surface area contributed by atoms with E-state index in [0.717, 1.165) is 23.6 Å². The number of fused-ring (bicyclic) bond motifs is 1. The first-order chi connectivity index (χ1) is 12.5. The van der Waals surface area contributed by atoms with Crippen molar-refractivity contribution in [2.45, 2.75) is 51.4 Å². The number of hydrogen-bond donors (Lipinski definition) is 1. The highest BCUT2D eigenvalue weighted by Gasteiger charge is 2.35. The smallest absolute Gasteiger partial charge is 0.421 e. The van der Waals surface area contributed by atoms with Gasteiger partial charge in [-0.3, -0.25) is 0 Å². The minimum absolute atomic E-state index is 0.107. The quantitative estimate of drug-likeness (QED) is 0.875. The maximum atomic E-state index is 13.0. The van der Waals surface area contributed by atoms with Crippen LogP contribution in [0, 0.1) is 0 Å². The zero-order valence-electron chi connectivity index (χ0n) is 15.4. The molecular formula is C17H22F3N5O2. The average molecular weight is 385 g/mol. The third-order valence-corrected chi connectivity index (χ3v) is 4.20. The number of carbonyl (C=O) groups excluding carboxylic acids is 1. The number of halogens is 3. The van der Waals surface area contributed by atoms with Crippen LogP contribution >= 0.6 is 0 Å². The number of amides is 1. The van der Waals surface area contributed by atoms with Gasteiger partial charge in [0.05, 0.1) is 12.2 Å². The molecule has 0 aromatic carbocycles. The molecule has 10 heteroatoms. The molecule has 3 rings (SSSR count). The summed E-state index contributed by atoms with van der Waals surface area (Å²) in [5.74, 6) is 0.296. The van der Waals surface area contributed by atoms with E-state index in [1.54, 1.807) is 31.7 Å². The third-order valence-electron chi connectivity index (χ3n) is 4.20. The lowest BCUT2D eigenvalue weighted by Crippen LogP contribution is -2.42. The van der Waals surface area contributed by atoms with Gasteiger partial charge in [0, 0.05) is 19.3 Å². The van der Waals surface area contributed by atoms with Crippen LogP contribution in [0.4, 0.5) is 23.8 Å². The molecule has 2 aromatic rings. The minimum atomic E-state index is -4.52. The van der Waals surface area contributed by atoms with Crippen LogP contribution in [0.1, 0.15) is 39.2 Å². The summed E-state index contributed by atoms with van der Waals surface area (Å²) in [6.45, 7) is 6.37. The Morgan fingerprint density at radius 1 is 1.37 bits per heavy atom. The van der Waals surface area contributed by atoms with E-state index in [4.69, 9.17) is 4.74 Å². The Balaban J connectivity index is 1.70. The largest absolute Gasteiger partial charge is 0.444 e. The van der Waals surface area contributed by atoms with Gasteiger partial charge in [0.1, 0.15) is 17.0 Å². The number of carbonyl (C=O) groups is 1. The first-order valence-corrected chi connectivity index (χ1v) is 8.70. The maximum absolute atomic E-state index is 13.0. The van der Waals surface area contributed by atoms with Gasteiger partial charge < -0.3 is 15.0 Å². The zero-order chi connectivity index (χ0) is 19.8. The van der Waals surface area contributed by atoms with Crippen molar-refractivity contribution in [2.75, 3.05) is 18.4 Å². The summed E-state index contributed by atoms with van der Waals surface area (Å²) < 4.78 is 45.5. The van der Waals surface area contributed by atoms with Crippen molar-refractivity contribution in [1.29, 1.82) is 0 Å². The Kier molecular flexibility index (Phi) is 4.92. The number of alkyl halides is 3. The van der Waals surface area contributed by atoms with Crippen molar-refractivity contribution in [3.8, 4) is 0 Å². The number of anilines is 1. The molecule has 1 saturated heterocycles. The predicted octanol–water partition coefficient (Wildman–Crippen LogP) is 3.56. The molecule has 0 spiro atoms. The van der Waals surface area contributed by atoms with Gasteiger partial charge in [-0.05, 0) is 39.7 Å². The van der Waals surface area contributed by atoms with Crippen molar-refractivity contribution in [1.82, 2.24) is 19.5 Å². The van der Waals surface area contributed by atoms with Crippen LogP contribution in [-0.4, -0.2) is 50.3 Å². The van der Waals surface area contributed by atoms with Gasteiger partial charge in [-0.25, -0.2) is 14.3 Å². The highest BCUT2D eigenvalue weighted by molar-refractivity contribution is 5.69. The molecule has 1 fully saturated rings. The molecule has 1 unspecified atom stereocenters. The molecule has 2 aromatic heterocycles. The van der Waals surface area contributed by atoms with E-state index in [9.17, 15) is 18.0 Å². The van der Waals surface area contributed by atoms with E-state index in [-0.39, 0.29) is 17.8 Å². The molecule has 0 bridgehead atoms. The fraction of sp³-hybridized carbons (Fsp3) is 0.588. The Morgan fingerprint density at radius 3 is 2.78 bits per heavy atom. The summed E-state index contributed by atoms with van der Waals surface area (Å²) in [6.07, 6.45) is -1.10. The van der Waals surface area contributed by atoms with E-state index in [2.05, 4.69) is 15.4 Å². The van der Waals surface area contributed by atoms with Crippen LogP contribution in [0.2, 0.25) is 0 Å². The van der Waals surface area contributed by atoms with Gasteiger partial charge in [0.25, 0.3) is 0 Å². The van der Waals surface area contributed by atoms with Crippen molar-refractivity contribution < 1.29 is 22.7 Å². The molecule has 0 radical (unpaired) electrons. The Hall–Kier alpha value is -2.52. The van der Waals surface area contributed by atoms with E-state index >= 15 is 0 Å². The van der Waals surface area contributed by atoms with E-state index in [1.165, 1.54) is 6.20 Å². The summed E-state index contributed by atoms with van der Waals surface area (Å²) in [4.78, 5) is 18.0. The highest BCUT2D eigenvalue weighted by Crippen LogP contribution is 2.32. The van der Waals surface area contributed by atoms with Gasteiger partial charge in [-0.15, -0.1) is 0 Å². The van der Waals surface area contributed by atoms with Gasteiger partial charge >= 0.3 is 12.3 Å². The van der Waals surface area contributed by atoms with Crippen LogP contribution in [-0.2, 0) is 10.9 Å². The van der Waals surface area contributed by atoms with Crippen LogP contribution in [0.3, 0.4) is 0 Å². The van der Waals surface area contributed by atoms with Gasteiger partial charge in [0.2, 0.25) is 0 Å².